The molecular formula is C15H25NO4. The van der Waals surface area contributed by atoms with Gasteiger partial charge in [0.25, 0.3) is 0 Å². The summed E-state index contributed by atoms with van der Waals surface area (Å²) in [6, 6.07) is -0.859. The fourth-order valence-corrected chi connectivity index (χ4v) is 3.92. The van der Waals surface area contributed by atoms with Gasteiger partial charge in [-0.05, 0) is 25.2 Å². The van der Waals surface area contributed by atoms with Crippen molar-refractivity contribution in [3.63, 3.8) is 0 Å². The van der Waals surface area contributed by atoms with E-state index in [-0.39, 0.29) is 18.9 Å². The highest BCUT2D eigenvalue weighted by Gasteiger charge is 2.49. The van der Waals surface area contributed by atoms with Crippen LogP contribution in [0.1, 0.15) is 52.4 Å². The molecule has 0 radical (unpaired) electrons. The summed E-state index contributed by atoms with van der Waals surface area (Å²) in [5.41, 5.74) is -0.397. The molecule has 5 nitrogen and oxygen atoms in total. The molecule has 0 spiro atoms. The van der Waals surface area contributed by atoms with Crippen LogP contribution in [0.4, 0.5) is 0 Å². The van der Waals surface area contributed by atoms with Gasteiger partial charge in [0.1, 0.15) is 6.04 Å². The number of carbonyl (C=O) groups is 2. The summed E-state index contributed by atoms with van der Waals surface area (Å²) in [4.78, 5) is 25.6. The molecule has 2 rings (SSSR count). The Morgan fingerprint density at radius 2 is 1.90 bits per heavy atom. The number of aliphatic hydroxyl groups is 1. The molecule has 0 bridgehead atoms. The van der Waals surface area contributed by atoms with Gasteiger partial charge < -0.3 is 15.1 Å². The number of rotatable bonds is 4. The molecule has 1 heterocycles. The van der Waals surface area contributed by atoms with E-state index in [1.807, 2.05) is 0 Å². The third kappa shape index (κ3) is 2.82. The topological polar surface area (TPSA) is 77.8 Å². The lowest BCUT2D eigenvalue weighted by Crippen LogP contribution is -2.48. The molecule has 5 heteroatoms. The van der Waals surface area contributed by atoms with E-state index in [2.05, 4.69) is 13.8 Å². The summed E-state index contributed by atoms with van der Waals surface area (Å²) in [7, 11) is 0. The molecule has 2 fully saturated rings. The lowest BCUT2D eigenvalue weighted by atomic mass is 9.77. The number of β-amino-alcohol motifs (C(OH)–C–C–N with tert-alkyl or cyclic N) is 1. The molecule has 2 aliphatic rings. The standard InChI is InChI=1S/C15H25NO4/c1-10(2)8-15(5-3-4-6-15)14(20)16-9-11(17)7-12(16)13(18)19/h10-12,17H,3-9H2,1-2H3,(H,18,19)/t11-,12-/m1/s1. The van der Waals surface area contributed by atoms with Crippen LogP contribution < -0.4 is 0 Å². The van der Waals surface area contributed by atoms with Gasteiger partial charge in [0.15, 0.2) is 0 Å². The van der Waals surface area contributed by atoms with Crippen molar-refractivity contribution in [3.05, 3.63) is 0 Å². The van der Waals surface area contributed by atoms with Crippen molar-refractivity contribution in [2.45, 2.75) is 64.5 Å². The summed E-state index contributed by atoms with van der Waals surface area (Å²) < 4.78 is 0. The van der Waals surface area contributed by atoms with E-state index in [4.69, 9.17) is 0 Å². The van der Waals surface area contributed by atoms with Gasteiger partial charge in [-0.15, -0.1) is 0 Å². The quantitative estimate of drug-likeness (QED) is 0.822. The second-order valence-corrected chi connectivity index (χ2v) is 6.79. The van der Waals surface area contributed by atoms with E-state index < -0.39 is 23.5 Å². The van der Waals surface area contributed by atoms with Gasteiger partial charge in [0, 0.05) is 18.4 Å². The van der Waals surface area contributed by atoms with Gasteiger partial charge in [0.05, 0.1) is 6.10 Å². The Kier molecular flexibility index (Phi) is 4.37. The minimum atomic E-state index is -1.01. The maximum Gasteiger partial charge on any atom is 0.326 e. The number of amides is 1. The zero-order valence-corrected chi connectivity index (χ0v) is 12.3. The number of carboxylic acids is 1. The molecular weight excluding hydrogens is 258 g/mol. The Labute approximate surface area is 120 Å². The SMILES string of the molecule is CC(C)CC1(C(=O)N2C[C@H](O)C[C@@H]2C(=O)O)CCCC1. The average molecular weight is 283 g/mol. The van der Waals surface area contributed by atoms with Crippen molar-refractivity contribution in [2.24, 2.45) is 11.3 Å². The van der Waals surface area contributed by atoms with Crippen LogP contribution in [0, 0.1) is 11.3 Å². The van der Waals surface area contributed by atoms with Crippen LogP contribution in [0.25, 0.3) is 0 Å². The van der Waals surface area contributed by atoms with Crippen LogP contribution in [0.5, 0.6) is 0 Å². The van der Waals surface area contributed by atoms with Crippen molar-refractivity contribution >= 4 is 11.9 Å². The van der Waals surface area contributed by atoms with Crippen LogP contribution in [0.15, 0.2) is 0 Å². The number of carbonyl (C=O) groups excluding carboxylic acids is 1. The van der Waals surface area contributed by atoms with E-state index in [9.17, 15) is 19.8 Å². The lowest BCUT2D eigenvalue weighted by molar-refractivity contribution is -0.153. The summed E-state index contributed by atoms with van der Waals surface area (Å²) in [5, 5.41) is 19.0. The molecule has 1 amide bonds. The van der Waals surface area contributed by atoms with Crippen molar-refractivity contribution in [1.29, 1.82) is 0 Å². The fourth-order valence-electron chi connectivity index (χ4n) is 3.92. The molecule has 0 aromatic rings. The van der Waals surface area contributed by atoms with Crippen molar-refractivity contribution in [2.75, 3.05) is 6.54 Å². The first kappa shape index (κ1) is 15.3. The summed E-state index contributed by atoms with van der Waals surface area (Å²) >= 11 is 0. The molecule has 20 heavy (non-hydrogen) atoms. The van der Waals surface area contributed by atoms with Crippen LogP contribution >= 0.6 is 0 Å². The highest BCUT2D eigenvalue weighted by atomic mass is 16.4. The molecule has 2 N–H and O–H groups in total. The van der Waals surface area contributed by atoms with Gasteiger partial charge in [-0.1, -0.05) is 26.7 Å². The molecule has 0 aromatic heterocycles. The normalized spacial score (nSPS) is 29.1. The lowest BCUT2D eigenvalue weighted by Gasteiger charge is -2.35. The Balaban J connectivity index is 2.21. The van der Waals surface area contributed by atoms with Gasteiger partial charge in [-0.3, -0.25) is 4.79 Å². The van der Waals surface area contributed by atoms with Crippen molar-refractivity contribution in [1.82, 2.24) is 4.90 Å². The third-order valence-corrected chi connectivity index (χ3v) is 4.64. The van der Waals surface area contributed by atoms with Crippen LogP contribution in [0.3, 0.4) is 0 Å². The maximum atomic E-state index is 12.9. The number of hydrogen-bond acceptors (Lipinski definition) is 3. The Morgan fingerprint density at radius 3 is 2.40 bits per heavy atom. The highest BCUT2D eigenvalue weighted by Crippen LogP contribution is 2.45. The predicted molar refractivity (Wildman–Crippen MR) is 74.1 cm³/mol. The first-order valence-corrected chi connectivity index (χ1v) is 7.58. The molecule has 2 atom stereocenters. The number of aliphatic carboxylic acids is 1. The smallest absolute Gasteiger partial charge is 0.326 e. The van der Waals surface area contributed by atoms with Crippen LogP contribution in [-0.2, 0) is 9.59 Å². The van der Waals surface area contributed by atoms with E-state index in [1.165, 1.54) is 4.90 Å². The largest absolute Gasteiger partial charge is 0.480 e. The average Bonchev–Trinajstić information content (AvgIpc) is 2.95. The van der Waals surface area contributed by atoms with E-state index >= 15 is 0 Å². The first-order chi connectivity index (χ1) is 9.35. The minimum Gasteiger partial charge on any atom is -0.480 e. The molecule has 1 saturated carbocycles. The summed E-state index contributed by atoms with van der Waals surface area (Å²) in [5.74, 6) is -0.645. The molecule has 0 unspecified atom stereocenters. The van der Waals surface area contributed by atoms with E-state index in [1.54, 1.807) is 0 Å². The van der Waals surface area contributed by atoms with E-state index in [0.717, 1.165) is 32.1 Å². The molecule has 1 aliphatic carbocycles. The molecule has 1 aliphatic heterocycles. The highest BCUT2D eigenvalue weighted by molar-refractivity contribution is 5.88. The summed E-state index contributed by atoms with van der Waals surface area (Å²) in [6.07, 6.45) is 4.02. The zero-order chi connectivity index (χ0) is 14.9. The van der Waals surface area contributed by atoms with Crippen molar-refractivity contribution < 1.29 is 19.8 Å². The number of nitrogens with zero attached hydrogens (tertiary/aromatic N) is 1. The number of hydrogen-bond donors (Lipinski definition) is 2. The van der Waals surface area contributed by atoms with Gasteiger partial charge in [-0.2, -0.15) is 0 Å². The maximum absolute atomic E-state index is 12.9. The second-order valence-electron chi connectivity index (χ2n) is 6.79. The number of carboxylic acid groups (broad SMARTS) is 1. The number of likely N-dealkylation sites (tertiary alicyclic amines) is 1. The molecule has 114 valence electrons. The Bertz CT molecular complexity index is 387. The van der Waals surface area contributed by atoms with Crippen molar-refractivity contribution in [3.8, 4) is 0 Å². The number of aliphatic hydroxyl groups excluding tert-OH is 1. The minimum absolute atomic E-state index is 0.0485. The Morgan fingerprint density at radius 1 is 1.30 bits per heavy atom. The first-order valence-electron chi connectivity index (χ1n) is 7.58. The molecule has 1 saturated heterocycles. The van der Waals surface area contributed by atoms with Crippen LogP contribution in [0.2, 0.25) is 0 Å². The second kappa shape index (κ2) is 5.72. The van der Waals surface area contributed by atoms with Gasteiger partial charge in [-0.25, -0.2) is 4.79 Å². The summed E-state index contributed by atoms with van der Waals surface area (Å²) in [6.45, 7) is 4.36. The third-order valence-electron chi connectivity index (χ3n) is 4.64. The fraction of sp³-hybridized carbons (Fsp3) is 0.867. The van der Waals surface area contributed by atoms with E-state index in [0.29, 0.717) is 5.92 Å². The van der Waals surface area contributed by atoms with Crippen LogP contribution in [-0.4, -0.2) is 45.7 Å². The zero-order valence-electron chi connectivity index (χ0n) is 12.3. The predicted octanol–water partition coefficient (Wildman–Crippen LogP) is 1.64. The Hall–Kier alpha value is -1.10. The molecule has 0 aromatic carbocycles. The van der Waals surface area contributed by atoms with Gasteiger partial charge in [0.2, 0.25) is 5.91 Å². The van der Waals surface area contributed by atoms with Gasteiger partial charge >= 0.3 is 5.97 Å². The monoisotopic (exact) mass is 283 g/mol.